The van der Waals surface area contributed by atoms with Crippen LogP contribution in [0.25, 0.3) is 5.65 Å². The maximum atomic E-state index is 4.20. The van der Waals surface area contributed by atoms with E-state index in [1.54, 1.807) is 22.6 Å². The second kappa shape index (κ2) is 6.31. The minimum absolute atomic E-state index is 0.680. The van der Waals surface area contributed by atoms with Gasteiger partial charge in [-0.15, -0.1) is 10.2 Å². The summed E-state index contributed by atoms with van der Waals surface area (Å²) >= 11 is 1.42. The molecular weight excluding hydrogens is 300 g/mol. The van der Waals surface area contributed by atoms with Gasteiger partial charge in [0.25, 0.3) is 0 Å². The second-order valence-corrected chi connectivity index (χ2v) is 5.33. The fourth-order valence-electron chi connectivity index (χ4n) is 1.81. The zero-order chi connectivity index (χ0) is 15.4. The fourth-order valence-corrected chi connectivity index (χ4v) is 2.26. The van der Waals surface area contributed by atoms with Crippen molar-refractivity contribution >= 4 is 27.9 Å². The summed E-state index contributed by atoms with van der Waals surface area (Å²) in [5.41, 5.74) is 3.64. The van der Waals surface area contributed by atoms with E-state index in [-0.39, 0.29) is 0 Å². The summed E-state index contributed by atoms with van der Waals surface area (Å²) in [5, 5.41) is 15.3. The Kier molecular flexibility index (Phi) is 4.05. The predicted octanol–water partition coefficient (Wildman–Crippen LogP) is 2.05. The summed E-state index contributed by atoms with van der Waals surface area (Å²) in [7, 11) is 1.91. The van der Waals surface area contributed by atoms with Gasteiger partial charge in [-0.1, -0.05) is 11.3 Å². The van der Waals surface area contributed by atoms with Gasteiger partial charge in [-0.2, -0.15) is 5.10 Å². The molecule has 4 rings (SSSR count). The van der Waals surface area contributed by atoms with Gasteiger partial charge in [-0.05, 0) is 12.5 Å². The highest BCUT2D eigenvalue weighted by molar-refractivity contribution is 7.13. The molecule has 0 radical (unpaired) electrons. The maximum Gasteiger partial charge on any atom is 0.211 e. The molecule has 0 aliphatic carbocycles. The van der Waals surface area contributed by atoms with Crippen molar-refractivity contribution < 1.29 is 0 Å². The topological polar surface area (TPSA) is 85.8 Å². The molecular formula is C13H14N8S. The molecule has 0 spiro atoms. The van der Waals surface area contributed by atoms with E-state index in [9.17, 15) is 0 Å². The number of aromatic nitrogens is 7. The number of anilines is 2. The van der Waals surface area contributed by atoms with Gasteiger partial charge in [-0.25, -0.2) is 9.97 Å². The van der Waals surface area contributed by atoms with Crippen LogP contribution in [0.1, 0.15) is 5.56 Å². The first-order valence-corrected chi connectivity index (χ1v) is 7.36. The van der Waals surface area contributed by atoms with Gasteiger partial charge < -0.3 is 9.72 Å². The molecule has 9 heteroatoms. The van der Waals surface area contributed by atoms with E-state index >= 15 is 0 Å². The Morgan fingerprint density at radius 3 is 2.59 bits per heavy atom. The molecule has 0 saturated heterocycles. The van der Waals surface area contributed by atoms with Crippen LogP contribution < -0.4 is 5.32 Å². The molecule has 0 fully saturated rings. The second-order valence-electron chi connectivity index (χ2n) is 4.49. The summed E-state index contributed by atoms with van der Waals surface area (Å²) in [5.74, 6) is 0.680. The molecule has 0 bridgehead atoms. The average molecular weight is 314 g/mol. The monoisotopic (exact) mass is 314 g/mol. The molecule has 4 aromatic rings. The summed E-state index contributed by atoms with van der Waals surface area (Å²) in [4.78, 5) is 8.39. The molecule has 4 aromatic heterocycles. The molecule has 112 valence electrons. The lowest BCUT2D eigenvalue weighted by Crippen LogP contribution is -1.97. The van der Waals surface area contributed by atoms with Crippen molar-refractivity contribution in [1.82, 2.24) is 34.3 Å². The quantitative estimate of drug-likeness (QED) is 0.609. The van der Waals surface area contributed by atoms with Crippen molar-refractivity contribution in [2.24, 2.45) is 7.05 Å². The molecule has 4 heterocycles. The van der Waals surface area contributed by atoms with Gasteiger partial charge in [0, 0.05) is 38.0 Å². The van der Waals surface area contributed by atoms with E-state index in [1.165, 1.54) is 16.9 Å². The van der Waals surface area contributed by atoms with E-state index in [1.807, 2.05) is 43.2 Å². The van der Waals surface area contributed by atoms with Crippen molar-refractivity contribution in [3.63, 3.8) is 0 Å². The number of aryl methyl sites for hydroxylation is 2. The van der Waals surface area contributed by atoms with Crippen LogP contribution in [-0.4, -0.2) is 34.3 Å². The Morgan fingerprint density at radius 2 is 2.00 bits per heavy atom. The van der Waals surface area contributed by atoms with Crippen LogP contribution in [0.3, 0.4) is 0 Å². The van der Waals surface area contributed by atoms with E-state index in [0.717, 1.165) is 5.65 Å². The SMILES string of the molecule is Cc1cnn(C)c1.c1cn2ccnc2c(Nc2nncs2)n1. The lowest BCUT2D eigenvalue weighted by atomic mass is 10.4. The third kappa shape index (κ3) is 3.26. The van der Waals surface area contributed by atoms with Gasteiger partial charge in [-0.3, -0.25) is 4.68 Å². The van der Waals surface area contributed by atoms with Gasteiger partial charge in [0.05, 0.1) is 6.20 Å². The maximum absolute atomic E-state index is 4.20. The summed E-state index contributed by atoms with van der Waals surface area (Å²) < 4.78 is 3.67. The number of fused-ring (bicyclic) bond motifs is 1. The highest BCUT2D eigenvalue weighted by atomic mass is 32.1. The molecule has 1 N–H and O–H groups in total. The van der Waals surface area contributed by atoms with Crippen LogP contribution in [-0.2, 0) is 7.05 Å². The van der Waals surface area contributed by atoms with E-state index in [4.69, 9.17) is 0 Å². The van der Waals surface area contributed by atoms with Crippen LogP contribution in [0.5, 0.6) is 0 Å². The third-order valence-electron chi connectivity index (χ3n) is 2.73. The summed E-state index contributed by atoms with van der Waals surface area (Å²) in [6, 6.07) is 0. The van der Waals surface area contributed by atoms with Crippen LogP contribution in [0, 0.1) is 6.92 Å². The average Bonchev–Trinajstić information content (AvgIpc) is 3.22. The van der Waals surface area contributed by atoms with Crippen molar-refractivity contribution in [2.75, 3.05) is 5.32 Å². The Bertz CT molecular complexity index is 831. The van der Waals surface area contributed by atoms with E-state index < -0.39 is 0 Å². The standard InChI is InChI=1S/C8H6N6S.C5H8N2/c1-3-14-4-2-10-7(14)6(9-1)12-8-13-11-5-15-8;1-5-3-6-7(2)4-5/h1-5H,(H,9,12,13);3-4H,1-2H3. The molecule has 8 nitrogen and oxygen atoms in total. The van der Waals surface area contributed by atoms with Gasteiger partial charge in [0.2, 0.25) is 5.13 Å². The molecule has 0 saturated carbocycles. The molecule has 0 atom stereocenters. The first kappa shape index (κ1) is 14.1. The number of hydrogen-bond donors (Lipinski definition) is 1. The minimum Gasteiger partial charge on any atom is -0.312 e. The number of nitrogens with zero attached hydrogens (tertiary/aromatic N) is 7. The Balaban J connectivity index is 0.000000174. The Morgan fingerprint density at radius 1 is 1.18 bits per heavy atom. The minimum atomic E-state index is 0.680. The number of rotatable bonds is 2. The lowest BCUT2D eigenvalue weighted by molar-refractivity contribution is 0.767. The van der Waals surface area contributed by atoms with Gasteiger partial charge >= 0.3 is 0 Å². The smallest absolute Gasteiger partial charge is 0.211 e. The van der Waals surface area contributed by atoms with E-state index in [0.29, 0.717) is 10.9 Å². The summed E-state index contributed by atoms with van der Waals surface area (Å²) in [6.45, 7) is 2.02. The normalized spacial score (nSPS) is 10.3. The molecule has 0 aliphatic rings. The highest BCUT2D eigenvalue weighted by Gasteiger charge is 2.05. The first-order valence-electron chi connectivity index (χ1n) is 6.48. The molecule has 0 unspecified atom stereocenters. The Labute approximate surface area is 130 Å². The van der Waals surface area contributed by atoms with Crippen molar-refractivity contribution in [3.05, 3.63) is 48.3 Å². The van der Waals surface area contributed by atoms with Crippen LogP contribution in [0.2, 0.25) is 0 Å². The van der Waals surface area contributed by atoms with Gasteiger partial charge in [0.1, 0.15) is 5.51 Å². The predicted molar refractivity (Wildman–Crippen MR) is 84.1 cm³/mol. The van der Waals surface area contributed by atoms with Crippen LogP contribution >= 0.6 is 11.3 Å². The fraction of sp³-hybridized carbons (Fsp3) is 0.154. The van der Waals surface area contributed by atoms with Crippen molar-refractivity contribution in [1.29, 1.82) is 0 Å². The third-order valence-corrected chi connectivity index (χ3v) is 3.34. The molecule has 0 aliphatic heterocycles. The number of hydrogen-bond acceptors (Lipinski definition) is 7. The van der Waals surface area contributed by atoms with Crippen LogP contribution in [0.15, 0.2) is 42.7 Å². The Hall–Kier alpha value is -2.81. The largest absolute Gasteiger partial charge is 0.312 e. The van der Waals surface area contributed by atoms with Crippen molar-refractivity contribution in [2.45, 2.75) is 6.92 Å². The number of nitrogens with one attached hydrogen (secondary N) is 1. The molecule has 0 aromatic carbocycles. The van der Waals surface area contributed by atoms with Gasteiger partial charge in [0.15, 0.2) is 11.5 Å². The zero-order valence-electron chi connectivity index (χ0n) is 12.1. The summed E-state index contributed by atoms with van der Waals surface area (Å²) in [6.07, 6.45) is 10.9. The lowest BCUT2D eigenvalue weighted by Gasteiger charge is -2.01. The van der Waals surface area contributed by atoms with Crippen molar-refractivity contribution in [3.8, 4) is 0 Å². The first-order chi connectivity index (χ1) is 10.7. The van der Waals surface area contributed by atoms with Crippen LogP contribution in [0.4, 0.5) is 10.9 Å². The highest BCUT2D eigenvalue weighted by Crippen LogP contribution is 2.18. The van der Waals surface area contributed by atoms with E-state index in [2.05, 4.69) is 30.6 Å². The zero-order valence-corrected chi connectivity index (χ0v) is 12.9. The molecule has 0 amide bonds. The molecule has 22 heavy (non-hydrogen) atoms. The number of imidazole rings is 1.